The van der Waals surface area contributed by atoms with Crippen molar-refractivity contribution in [2.45, 2.75) is 58.3 Å². The Labute approximate surface area is 212 Å². The van der Waals surface area contributed by atoms with E-state index in [1.807, 2.05) is 0 Å². The van der Waals surface area contributed by atoms with Crippen LogP contribution in [0.25, 0.3) is 0 Å². The second-order valence-corrected chi connectivity index (χ2v) is 8.95. The normalized spacial score (nSPS) is 17.0. The Kier molecular flexibility index (Phi) is 10.5. The number of hydrogen-bond acceptors (Lipinski definition) is 7. The molecular formula is C29H34O7. The van der Waals surface area contributed by atoms with Gasteiger partial charge in [-0.1, -0.05) is 39.2 Å². The lowest BCUT2D eigenvalue weighted by molar-refractivity contribution is -0.144. The van der Waals surface area contributed by atoms with Crippen LogP contribution in [0.15, 0.2) is 61.2 Å². The van der Waals surface area contributed by atoms with Gasteiger partial charge in [0.15, 0.2) is 0 Å². The maximum absolute atomic E-state index is 12.6. The molecule has 0 radical (unpaired) electrons. The number of esters is 3. The van der Waals surface area contributed by atoms with Crippen molar-refractivity contribution in [2.24, 2.45) is 11.8 Å². The summed E-state index contributed by atoms with van der Waals surface area (Å²) in [6.07, 6.45) is 10.1. The standard InChI is InChI=1S/C29H34O7/c1-3-5-6-7-21-8-10-22(11-9-21)28(31)35-25-16-18-26(19-17-25)36-29(32)23-12-14-24(15-13-23)33-20-34-27(30)4-2/h4,12-19,21-22H,2-3,5-11,20H2,1H3. The van der Waals surface area contributed by atoms with E-state index in [1.165, 1.54) is 25.7 Å². The fraction of sp³-hybridized carbons (Fsp3) is 0.414. The van der Waals surface area contributed by atoms with Crippen LogP contribution < -0.4 is 14.2 Å². The minimum Gasteiger partial charge on any atom is -0.457 e. The van der Waals surface area contributed by atoms with Crippen LogP contribution in [0.2, 0.25) is 0 Å². The number of rotatable bonds is 12. The molecule has 3 rings (SSSR count). The molecule has 0 aliphatic heterocycles. The molecule has 1 aliphatic rings. The minimum atomic E-state index is -0.587. The molecule has 1 saturated carbocycles. The van der Waals surface area contributed by atoms with E-state index in [-0.39, 0.29) is 18.7 Å². The minimum absolute atomic E-state index is 0.0501. The van der Waals surface area contributed by atoms with Gasteiger partial charge in [0.25, 0.3) is 0 Å². The van der Waals surface area contributed by atoms with Crippen LogP contribution in [0.4, 0.5) is 0 Å². The molecule has 2 aromatic rings. The van der Waals surface area contributed by atoms with Crippen molar-refractivity contribution in [3.8, 4) is 17.2 Å². The summed E-state index contributed by atoms with van der Waals surface area (Å²) in [4.78, 5) is 36.0. The summed E-state index contributed by atoms with van der Waals surface area (Å²) < 4.78 is 21.0. The number of unbranched alkanes of at least 4 members (excludes halogenated alkanes) is 2. The van der Waals surface area contributed by atoms with Gasteiger partial charge in [0.05, 0.1) is 11.5 Å². The van der Waals surface area contributed by atoms with Gasteiger partial charge in [-0.05, 0) is 80.1 Å². The fourth-order valence-electron chi connectivity index (χ4n) is 4.21. The van der Waals surface area contributed by atoms with Crippen LogP contribution in [-0.4, -0.2) is 24.7 Å². The Balaban J connectivity index is 1.42. The Hall–Kier alpha value is -3.61. The zero-order chi connectivity index (χ0) is 25.8. The summed E-state index contributed by atoms with van der Waals surface area (Å²) in [6, 6.07) is 12.7. The monoisotopic (exact) mass is 494 g/mol. The molecule has 0 atom stereocenters. The van der Waals surface area contributed by atoms with Gasteiger partial charge < -0.3 is 18.9 Å². The first-order valence-electron chi connectivity index (χ1n) is 12.5. The van der Waals surface area contributed by atoms with Crippen molar-refractivity contribution in [2.75, 3.05) is 6.79 Å². The zero-order valence-corrected chi connectivity index (χ0v) is 20.8. The van der Waals surface area contributed by atoms with Crippen LogP contribution >= 0.6 is 0 Å². The van der Waals surface area contributed by atoms with Crippen LogP contribution in [0.5, 0.6) is 17.2 Å². The second-order valence-electron chi connectivity index (χ2n) is 8.95. The Bertz CT molecular complexity index is 1000. The molecule has 7 heteroatoms. The van der Waals surface area contributed by atoms with Crippen molar-refractivity contribution in [1.29, 1.82) is 0 Å². The molecule has 0 unspecified atom stereocenters. The van der Waals surface area contributed by atoms with E-state index < -0.39 is 11.9 Å². The number of benzene rings is 2. The van der Waals surface area contributed by atoms with E-state index in [4.69, 9.17) is 18.9 Å². The summed E-state index contributed by atoms with van der Waals surface area (Å²) in [5, 5.41) is 0. The number of carbonyl (C=O) groups excluding carboxylic acids is 3. The number of ether oxygens (including phenoxy) is 4. The molecule has 0 heterocycles. The SMILES string of the molecule is C=CC(=O)OCOc1ccc(C(=O)Oc2ccc(OC(=O)C3CCC(CCCCC)CC3)cc2)cc1. The van der Waals surface area contributed by atoms with E-state index in [0.29, 0.717) is 22.8 Å². The zero-order valence-electron chi connectivity index (χ0n) is 20.8. The highest BCUT2D eigenvalue weighted by molar-refractivity contribution is 5.91. The predicted octanol–water partition coefficient (Wildman–Crippen LogP) is 6.26. The average Bonchev–Trinajstić information content (AvgIpc) is 2.90. The third-order valence-electron chi connectivity index (χ3n) is 6.33. The molecule has 0 aromatic heterocycles. The smallest absolute Gasteiger partial charge is 0.343 e. The lowest BCUT2D eigenvalue weighted by atomic mass is 9.80. The van der Waals surface area contributed by atoms with Crippen LogP contribution in [0, 0.1) is 11.8 Å². The fourth-order valence-corrected chi connectivity index (χ4v) is 4.21. The molecule has 0 saturated heterocycles. The molecule has 0 amide bonds. The third-order valence-corrected chi connectivity index (χ3v) is 6.33. The van der Waals surface area contributed by atoms with E-state index in [9.17, 15) is 14.4 Å². The highest BCUT2D eigenvalue weighted by Gasteiger charge is 2.27. The van der Waals surface area contributed by atoms with Gasteiger partial charge >= 0.3 is 17.9 Å². The number of carbonyl (C=O) groups is 3. The maximum Gasteiger partial charge on any atom is 0.343 e. The highest BCUT2D eigenvalue weighted by Crippen LogP contribution is 2.33. The Morgan fingerprint density at radius 1 is 0.861 bits per heavy atom. The maximum atomic E-state index is 12.6. The second kappa shape index (κ2) is 14.1. The van der Waals surface area contributed by atoms with E-state index in [1.54, 1.807) is 48.5 Å². The van der Waals surface area contributed by atoms with Gasteiger partial charge in [0, 0.05) is 6.08 Å². The molecule has 0 bridgehead atoms. The first-order chi connectivity index (χ1) is 17.5. The third kappa shape index (κ3) is 8.56. The molecule has 36 heavy (non-hydrogen) atoms. The van der Waals surface area contributed by atoms with Crippen molar-refractivity contribution < 1.29 is 33.3 Å². The van der Waals surface area contributed by atoms with Crippen molar-refractivity contribution >= 4 is 17.9 Å². The molecule has 2 aromatic carbocycles. The van der Waals surface area contributed by atoms with Crippen LogP contribution in [0.3, 0.4) is 0 Å². The molecule has 0 N–H and O–H groups in total. The van der Waals surface area contributed by atoms with Gasteiger partial charge in [-0.15, -0.1) is 0 Å². The molecule has 192 valence electrons. The molecular weight excluding hydrogens is 460 g/mol. The Morgan fingerprint density at radius 3 is 2.08 bits per heavy atom. The van der Waals surface area contributed by atoms with Crippen LogP contribution in [0.1, 0.15) is 68.6 Å². The van der Waals surface area contributed by atoms with Gasteiger partial charge in [0.1, 0.15) is 17.2 Å². The quantitative estimate of drug-likeness (QED) is 0.113. The topological polar surface area (TPSA) is 88.1 Å². The van der Waals surface area contributed by atoms with Crippen molar-refractivity contribution in [1.82, 2.24) is 0 Å². The molecule has 7 nitrogen and oxygen atoms in total. The van der Waals surface area contributed by atoms with E-state index in [2.05, 4.69) is 13.5 Å². The lowest BCUT2D eigenvalue weighted by Crippen LogP contribution is -2.25. The number of hydrogen-bond donors (Lipinski definition) is 0. The van der Waals surface area contributed by atoms with Gasteiger partial charge in [0.2, 0.25) is 6.79 Å². The summed E-state index contributed by atoms with van der Waals surface area (Å²) in [5.41, 5.74) is 0.325. The Morgan fingerprint density at radius 2 is 1.47 bits per heavy atom. The molecule has 1 fully saturated rings. The highest BCUT2D eigenvalue weighted by atomic mass is 16.7. The van der Waals surface area contributed by atoms with Gasteiger partial charge in [-0.2, -0.15) is 0 Å². The first-order valence-corrected chi connectivity index (χ1v) is 12.5. The van der Waals surface area contributed by atoms with Gasteiger partial charge in [-0.25, -0.2) is 9.59 Å². The predicted molar refractivity (Wildman–Crippen MR) is 135 cm³/mol. The summed E-state index contributed by atoms with van der Waals surface area (Å²) in [7, 11) is 0. The largest absolute Gasteiger partial charge is 0.457 e. The molecule has 1 aliphatic carbocycles. The first kappa shape index (κ1) is 27.0. The van der Waals surface area contributed by atoms with E-state index in [0.717, 1.165) is 37.7 Å². The lowest BCUT2D eigenvalue weighted by Gasteiger charge is -2.27. The summed E-state index contributed by atoms with van der Waals surface area (Å²) in [5.74, 6) is 0.572. The van der Waals surface area contributed by atoms with Crippen molar-refractivity contribution in [3.63, 3.8) is 0 Å². The molecule has 0 spiro atoms. The van der Waals surface area contributed by atoms with Crippen molar-refractivity contribution in [3.05, 3.63) is 66.7 Å². The van der Waals surface area contributed by atoms with Gasteiger partial charge in [-0.3, -0.25) is 4.79 Å². The average molecular weight is 495 g/mol. The van der Waals surface area contributed by atoms with E-state index >= 15 is 0 Å². The van der Waals surface area contributed by atoms with Crippen LogP contribution in [-0.2, 0) is 14.3 Å². The summed E-state index contributed by atoms with van der Waals surface area (Å²) in [6.45, 7) is 5.26. The summed E-state index contributed by atoms with van der Waals surface area (Å²) >= 11 is 0.